The summed E-state index contributed by atoms with van der Waals surface area (Å²) in [6.07, 6.45) is 3.39. The number of carbonyl (C=O) groups excluding carboxylic acids is 1. The number of nitrogens with zero attached hydrogens (tertiary/aromatic N) is 3. The normalized spacial score (nSPS) is 14.4. The Balaban J connectivity index is 1.28. The minimum atomic E-state index is -0.147. The molecule has 0 saturated carbocycles. The maximum Gasteiger partial charge on any atom is 0.274 e. The molecule has 1 aliphatic rings. The monoisotopic (exact) mass is 465 g/mol. The van der Waals surface area contributed by atoms with Crippen molar-refractivity contribution >= 4 is 16.7 Å². The van der Waals surface area contributed by atoms with Crippen molar-refractivity contribution in [3.63, 3.8) is 0 Å². The van der Waals surface area contributed by atoms with Gasteiger partial charge in [0.1, 0.15) is 0 Å². The van der Waals surface area contributed by atoms with Crippen LogP contribution in [0, 0.1) is 12.8 Å². The molecule has 0 atom stereocenters. The highest BCUT2D eigenvalue weighted by Gasteiger charge is 2.23. The average molecular weight is 466 g/mol. The maximum atomic E-state index is 13.1. The van der Waals surface area contributed by atoms with Crippen LogP contribution in [-0.2, 0) is 17.8 Å². The maximum absolute atomic E-state index is 13.1. The zero-order chi connectivity index (χ0) is 24.2. The molecule has 0 N–H and O–H groups in total. The molecule has 0 spiro atoms. The van der Waals surface area contributed by atoms with E-state index in [9.17, 15) is 9.59 Å². The van der Waals surface area contributed by atoms with Gasteiger partial charge in [-0.25, -0.2) is 4.68 Å². The van der Waals surface area contributed by atoms with Crippen LogP contribution in [0.1, 0.15) is 30.4 Å². The van der Waals surface area contributed by atoms with Crippen molar-refractivity contribution in [3.05, 3.63) is 100 Å². The van der Waals surface area contributed by atoms with Gasteiger partial charge in [0.2, 0.25) is 5.91 Å². The van der Waals surface area contributed by atoms with Gasteiger partial charge < -0.3 is 4.90 Å². The van der Waals surface area contributed by atoms with Crippen LogP contribution in [-0.4, -0.2) is 33.7 Å². The van der Waals surface area contributed by atoms with Gasteiger partial charge in [-0.2, -0.15) is 5.10 Å². The van der Waals surface area contributed by atoms with Gasteiger partial charge in [0.05, 0.1) is 17.6 Å². The number of benzene rings is 3. The van der Waals surface area contributed by atoms with Crippen LogP contribution in [0.15, 0.2) is 83.7 Å². The molecule has 3 aromatic carbocycles. The third-order valence-electron chi connectivity index (χ3n) is 7.06. The van der Waals surface area contributed by atoms with Crippen molar-refractivity contribution in [2.24, 2.45) is 5.92 Å². The number of fused-ring (bicyclic) bond motifs is 1. The van der Waals surface area contributed by atoms with Gasteiger partial charge in [0.25, 0.3) is 5.56 Å². The highest BCUT2D eigenvalue weighted by Crippen LogP contribution is 2.25. The van der Waals surface area contributed by atoms with Gasteiger partial charge >= 0.3 is 0 Å². The number of carbonyl (C=O) groups is 1. The Morgan fingerprint density at radius 3 is 2.26 bits per heavy atom. The van der Waals surface area contributed by atoms with Gasteiger partial charge in [-0.3, -0.25) is 9.59 Å². The molecule has 2 heterocycles. The first-order valence-electron chi connectivity index (χ1n) is 12.5. The Hall–Kier alpha value is -3.73. The Bertz CT molecular complexity index is 1370. The Labute approximate surface area is 206 Å². The first-order valence-corrected chi connectivity index (χ1v) is 12.5. The largest absolute Gasteiger partial charge is 0.343 e. The van der Waals surface area contributed by atoms with E-state index in [0.29, 0.717) is 11.3 Å². The molecule has 0 bridgehead atoms. The molecule has 0 aliphatic carbocycles. The highest BCUT2D eigenvalue weighted by atomic mass is 16.2. The lowest BCUT2D eigenvalue weighted by molar-refractivity contribution is -0.132. The van der Waals surface area contributed by atoms with Crippen molar-refractivity contribution < 1.29 is 4.79 Å². The van der Waals surface area contributed by atoms with E-state index in [1.165, 1.54) is 15.8 Å². The number of piperidine rings is 1. The van der Waals surface area contributed by atoms with Crippen LogP contribution in [0.5, 0.6) is 0 Å². The summed E-state index contributed by atoms with van der Waals surface area (Å²) in [5.41, 5.74) is 4.13. The summed E-state index contributed by atoms with van der Waals surface area (Å²) in [4.78, 5) is 28.1. The molecule has 35 heavy (non-hydrogen) atoms. The highest BCUT2D eigenvalue weighted by molar-refractivity contribution is 5.93. The molecule has 5 heteroatoms. The molecule has 178 valence electrons. The minimum Gasteiger partial charge on any atom is -0.343 e. The third kappa shape index (κ3) is 5.19. The molecule has 5 nitrogen and oxygen atoms in total. The predicted molar refractivity (Wildman–Crippen MR) is 140 cm³/mol. The lowest BCUT2D eigenvalue weighted by Crippen LogP contribution is -2.39. The summed E-state index contributed by atoms with van der Waals surface area (Å²) in [5.74, 6) is 0.713. The number of hydrogen-bond acceptors (Lipinski definition) is 3. The number of rotatable bonds is 6. The van der Waals surface area contributed by atoms with Crippen LogP contribution in [0.25, 0.3) is 22.0 Å². The lowest BCUT2D eigenvalue weighted by atomic mass is 9.90. The van der Waals surface area contributed by atoms with E-state index in [4.69, 9.17) is 5.10 Å². The van der Waals surface area contributed by atoms with E-state index in [2.05, 4.69) is 24.3 Å². The quantitative estimate of drug-likeness (QED) is 0.391. The smallest absolute Gasteiger partial charge is 0.274 e. The minimum absolute atomic E-state index is 0.0990. The van der Waals surface area contributed by atoms with Gasteiger partial charge in [0.15, 0.2) is 0 Å². The van der Waals surface area contributed by atoms with E-state index < -0.39 is 0 Å². The van der Waals surface area contributed by atoms with E-state index in [0.717, 1.165) is 49.0 Å². The summed E-state index contributed by atoms with van der Waals surface area (Å²) in [6.45, 7) is 3.90. The van der Waals surface area contributed by atoms with Gasteiger partial charge in [-0.05, 0) is 43.7 Å². The third-order valence-corrected chi connectivity index (χ3v) is 7.06. The van der Waals surface area contributed by atoms with E-state index in [-0.39, 0.29) is 24.4 Å². The van der Waals surface area contributed by atoms with Crippen molar-refractivity contribution in [1.82, 2.24) is 14.7 Å². The zero-order valence-electron chi connectivity index (χ0n) is 20.2. The molecule has 1 saturated heterocycles. The first-order chi connectivity index (χ1) is 17.1. The molecular formula is C30H31N3O2. The van der Waals surface area contributed by atoms with Crippen molar-refractivity contribution in [2.45, 2.75) is 39.2 Å². The Morgan fingerprint density at radius 2 is 1.54 bits per heavy atom. The summed E-state index contributed by atoms with van der Waals surface area (Å²) in [5, 5.41) is 6.18. The molecule has 0 unspecified atom stereocenters. The Kier molecular flexibility index (Phi) is 6.75. The fraction of sp³-hybridized carbons (Fsp3) is 0.300. The van der Waals surface area contributed by atoms with Crippen molar-refractivity contribution in [3.8, 4) is 11.3 Å². The van der Waals surface area contributed by atoms with Gasteiger partial charge in [-0.1, -0.05) is 78.4 Å². The first kappa shape index (κ1) is 23.0. The van der Waals surface area contributed by atoms with E-state index in [1.807, 2.05) is 66.4 Å². The standard InChI is InChI=1S/C30H31N3O2/c1-22-11-13-25(14-12-22)29-26-9-5-6-10-27(26)30(35)33(31-29)20-17-28(34)32-18-15-24(16-19-32)21-23-7-3-2-4-8-23/h2-14,24H,15-21H2,1H3. The second-order valence-electron chi connectivity index (χ2n) is 9.55. The molecule has 1 aliphatic heterocycles. The summed E-state index contributed by atoms with van der Waals surface area (Å²) in [6, 6.07) is 26.3. The van der Waals surface area contributed by atoms with Crippen LogP contribution >= 0.6 is 0 Å². The SMILES string of the molecule is Cc1ccc(-c2nn(CCC(=O)N3CCC(Cc4ccccc4)CC3)c(=O)c3ccccc23)cc1. The molecule has 1 amide bonds. The number of hydrogen-bond donors (Lipinski definition) is 0. The fourth-order valence-electron chi connectivity index (χ4n) is 5.00. The summed E-state index contributed by atoms with van der Waals surface area (Å²) < 4.78 is 1.47. The summed E-state index contributed by atoms with van der Waals surface area (Å²) in [7, 11) is 0. The Morgan fingerprint density at radius 1 is 0.886 bits per heavy atom. The van der Waals surface area contributed by atoms with Crippen molar-refractivity contribution in [1.29, 1.82) is 0 Å². The molecule has 1 fully saturated rings. The van der Waals surface area contributed by atoms with Crippen LogP contribution in [0.2, 0.25) is 0 Å². The van der Waals surface area contributed by atoms with Gasteiger partial charge in [-0.15, -0.1) is 0 Å². The number of amides is 1. The fourth-order valence-corrected chi connectivity index (χ4v) is 5.00. The number of aryl methyl sites for hydroxylation is 2. The molecule has 1 aromatic heterocycles. The molecule has 4 aromatic rings. The second-order valence-corrected chi connectivity index (χ2v) is 9.55. The van der Waals surface area contributed by atoms with Crippen molar-refractivity contribution in [2.75, 3.05) is 13.1 Å². The van der Waals surface area contributed by atoms with Gasteiger partial charge in [0, 0.05) is 30.5 Å². The van der Waals surface area contributed by atoms with E-state index >= 15 is 0 Å². The van der Waals surface area contributed by atoms with Crippen LogP contribution < -0.4 is 5.56 Å². The second kappa shape index (κ2) is 10.3. The molecular weight excluding hydrogens is 434 g/mol. The number of aromatic nitrogens is 2. The predicted octanol–water partition coefficient (Wildman–Crippen LogP) is 5.24. The molecule has 0 radical (unpaired) electrons. The van der Waals surface area contributed by atoms with Crippen LogP contribution in [0.4, 0.5) is 0 Å². The topological polar surface area (TPSA) is 55.2 Å². The summed E-state index contributed by atoms with van der Waals surface area (Å²) >= 11 is 0. The lowest BCUT2D eigenvalue weighted by Gasteiger charge is -2.32. The molecule has 5 rings (SSSR count). The average Bonchev–Trinajstić information content (AvgIpc) is 2.90. The number of likely N-dealkylation sites (tertiary alicyclic amines) is 1. The zero-order valence-corrected chi connectivity index (χ0v) is 20.2. The van der Waals surface area contributed by atoms with Crippen LogP contribution in [0.3, 0.4) is 0 Å². The van der Waals surface area contributed by atoms with E-state index in [1.54, 1.807) is 0 Å².